The van der Waals surface area contributed by atoms with Crippen LogP contribution in [-0.4, -0.2) is 4.89 Å². The number of hydrogen-bond acceptors (Lipinski definition) is 1. The molecule has 0 aromatic rings. The number of hydrogen-bond donors (Lipinski definition) is 2. The van der Waals surface area contributed by atoms with Gasteiger partial charge in [0.05, 0.1) is 0 Å². The van der Waals surface area contributed by atoms with Gasteiger partial charge >= 0.3 is 7.23 Å². The lowest BCUT2D eigenvalue weighted by molar-refractivity contribution is 0.520. The van der Waals surface area contributed by atoms with E-state index >= 15 is 0 Å². The second-order valence-electron chi connectivity index (χ2n) is 1.46. The van der Waals surface area contributed by atoms with Crippen molar-refractivity contribution < 1.29 is 9.46 Å². The van der Waals surface area contributed by atoms with Gasteiger partial charge in [-0.3, -0.25) is 0 Å². The molecule has 0 bridgehead atoms. The van der Waals surface area contributed by atoms with Gasteiger partial charge in [0.2, 0.25) is 0 Å². The predicted octanol–water partition coefficient (Wildman–Crippen LogP) is 2.15. The fourth-order valence-electron chi connectivity index (χ4n) is 0. The summed E-state index contributed by atoms with van der Waals surface area (Å²) in [5.41, 5.74) is 1.17. The highest BCUT2D eigenvalue weighted by Gasteiger charge is 1.90. The molecule has 4 heteroatoms. The van der Waals surface area contributed by atoms with E-state index in [1.165, 1.54) is 5.57 Å². The predicted molar refractivity (Wildman–Crippen MR) is 39.3 cm³/mol. The van der Waals surface area contributed by atoms with E-state index in [0.29, 0.717) is 0 Å². The first-order chi connectivity index (χ1) is 3.46. The standard InChI is InChI=1S/C4H8.HO2PS/c1-4(2)3;1-3(2)4/h1H2,2-3H3;(H-,1,2,4)/p+1. The average molecular weight is 153 g/mol. The molecular formula is C4H10O2PS+. The Balaban J connectivity index is 0. The molecule has 0 aromatic carbocycles. The Morgan fingerprint density at radius 3 is 1.75 bits per heavy atom. The fraction of sp³-hybridized carbons (Fsp3) is 0.500. The Morgan fingerprint density at radius 1 is 1.75 bits per heavy atom. The molecule has 0 aliphatic carbocycles. The van der Waals surface area contributed by atoms with E-state index in [1.807, 2.05) is 13.8 Å². The van der Waals surface area contributed by atoms with Crippen LogP contribution >= 0.6 is 19.5 Å². The largest absolute Gasteiger partial charge is 0.579 e. The third kappa shape index (κ3) is 7250. The Morgan fingerprint density at radius 2 is 1.75 bits per heavy atom. The normalized spacial score (nSPS) is 8.75. The highest BCUT2D eigenvalue weighted by atomic mass is 32.7. The van der Waals surface area contributed by atoms with Crippen molar-refractivity contribution in [3.8, 4) is 0 Å². The molecule has 0 radical (unpaired) electrons. The van der Waals surface area contributed by atoms with Crippen molar-refractivity contribution in [3.05, 3.63) is 12.2 Å². The molecule has 0 rings (SSSR count). The van der Waals surface area contributed by atoms with Crippen molar-refractivity contribution >= 4 is 19.5 Å². The average Bonchev–Trinajstić information content (AvgIpc) is 1.25. The molecule has 0 spiro atoms. The summed E-state index contributed by atoms with van der Waals surface area (Å²) in [5, 5.41) is 0. The summed E-state index contributed by atoms with van der Waals surface area (Å²) in [5.74, 6) is 0. The summed E-state index contributed by atoms with van der Waals surface area (Å²) in [6, 6.07) is 0. The fourth-order valence-corrected chi connectivity index (χ4v) is 0. The number of rotatable bonds is 0. The van der Waals surface area contributed by atoms with Crippen LogP contribution in [0.4, 0.5) is 0 Å². The summed E-state index contributed by atoms with van der Waals surface area (Å²) in [7, 11) is -2.18. The maximum atomic E-state index is 9.01. The first-order valence-corrected chi connectivity index (χ1v) is 4.30. The van der Waals surface area contributed by atoms with Crippen molar-refractivity contribution in [1.82, 2.24) is 0 Å². The van der Waals surface area contributed by atoms with Crippen LogP contribution in [0.2, 0.25) is 0 Å². The van der Waals surface area contributed by atoms with Crippen LogP contribution in [0.1, 0.15) is 13.8 Å². The first-order valence-electron chi connectivity index (χ1n) is 1.94. The Kier molecular flexibility index (Phi) is 9.85. The second-order valence-corrected chi connectivity index (χ2v) is 2.99. The molecule has 0 aromatic heterocycles. The monoisotopic (exact) mass is 153 g/mol. The zero-order chi connectivity index (χ0) is 7.15. The molecule has 0 aliphatic heterocycles. The Bertz CT molecular complexity index is 72.0. The molecule has 0 fully saturated rings. The van der Waals surface area contributed by atoms with Gasteiger partial charge < -0.3 is 0 Å². The van der Waals surface area contributed by atoms with Crippen LogP contribution in [0.5, 0.6) is 0 Å². The molecule has 1 atom stereocenters. The van der Waals surface area contributed by atoms with Crippen LogP contribution in [0.25, 0.3) is 0 Å². The Hall–Kier alpha value is 0.150. The van der Waals surface area contributed by atoms with Gasteiger partial charge in [-0.15, -0.1) is 6.58 Å². The number of thiol groups is 1. The molecular weight excluding hydrogens is 143 g/mol. The highest BCUT2D eigenvalue weighted by molar-refractivity contribution is 8.38. The first kappa shape index (κ1) is 11.0. The van der Waals surface area contributed by atoms with E-state index < -0.39 is 7.23 Å². The van der Waals surface area contributed by atoms with E-state index in [1.54, 1.807) is 0 Å². The molecule has 8 heavy (non-hydrogen) atoms. The third-order valence-corrected chi connectivity index (χ3v) is 0. The van der Waals surface area contributed by atoms with Crippen molar-refractivity contribution in [3.63, 3.8) is 0 Å². The number of allylic oxidation sites excluding steroid dienone is 1. The minimum atomic E-state index is -2.18. The molecule has 0 aliphatic rings. The topological polar surface area (TPSA) is 37.3 Å². The maximum Gasteiger partial charge on any atom is 0.579 e. The zero-order valence-electron chi connectivity index (χ0n) is 4.96. The summed E-state index contributed by atoms with van der Waals surface area (Å²) in [6.07, 6.45) is 0. The van der Waals surface area contributed by atoms with Crippen LogP contribution < -0.4 is 0 Å². The zero-order valence-corrected chi connectivity index (χ0v) is 6.75. The molecule has 0 amide bonds. The maximum absolute atomic E-state index is 9.01. The van der Waals surface area contributed by atoms with Crippen molar-refractivity contribution in [2.75, 3.05) is 0 Å². The summed E-state index contributed by atoms with van der Waals surface area (Å²) >= 11 is 3.03. The summed E-state index contributed by atoms with van der Waals surface area (Å²) in [6.45, 7) is 7.50. The smallest absolute Gasteiger partial charge is 0.151 e. The van der Waals surface area contributed by atoms with Gasteiger partial charge in [-0.05, 0) is 18.4 Å². The van der Waals surface area contributed by atoms with Crippen molar-refractivity contribution in [2.24, 2.45) is 0 Å². The van der Waals surface area contributed by atoms with Crippen LogP contribution in [0.15, 0.2) is 12.2 Å². The summed E-state index contributed by atoms with van der Waals surface area (Å²) < 4.78 is 9.01. The van der Waals surface area contributed by atoms with Crippen molar-refractivity contribution in [1.29, 1.82) is 0 Å². The highest BCUT2D eigenvalue weighted by Crippen LogP contribution is 2.16. The van der Waals surface area contributed by atoms with E-state index in [9.17, 15) is 0 Å². The van der Waals surface area contributed by atoms with Gasteiger partial charge in [0.15, 0.2) is 0 Å². The molecule has 1 N–H and O–H groups in total. The lowest BCUT2D eigenvalue weighted by atomic mass is 10.4. The van der Waals surface area contributed by atoms with Crippen LogP contribution in [-0.2, 0) is 4.57 Å². The molecule has 1 unspecified atom stereocenters. The van der Waals surface area contributed by atoms with E-state index in [0.717, 1.165) is 0 Å². The van der Waals surface area contributed by atoms with Gasteiger partial charge in [-0.1, -0.05) is 5.57 Å². The SMILES string of the molecule is C=C(C)C.O=[P+](O)S. The van der Waals surface area contributed by atoms with Gasteiger partial charge in [-0.25, -0.2) is 0 Å². The quantitative estimate of drug-likeness (QED) is 0.318. The van der Waals surface area contributed by atoms with Crippen LogP contribution in [0, 0.1) is 0 Å². The lowest BCUT2D eigenvalue weighted by Crippen LogP contribution is -1.43. The molecule has 0 saturated heterocycles. The second kappa shape index (κ2) is 7.15. The van der Waals surface area contributed by atoms with Gasteiger partial charge in [-0.2, -0.15) is 4.89 Å². The molecule has 0 heterocycles. The summed E-state index contributed by atoms with van der Waals surface area (Å²) in [4.78, 5) is 7.43. The molecule has 2 nitrogen and oxygen atoms in total. The van der Waals surface area contributed by atoms with Crippen LogP contribution in [0.3, 0.4) is 0 Å². The van der Waals surface area contributed by atoms with Gasteiger partial charge in [0, 0.05) is 0 Å². The third-order valence-electron chi connectivity index (χ3n) is 0. The van der Waals surface area contributed by atoms with E-state index in [4.69, 9.17) is 9.46 Å². The van der Waals surface area contributed by atoms with Gasteiger partial charge in [0.1, 0.15) is 12.2 Å². The molecule has 48 valence electrons. The van der Waals surface area contributed by atoms with E-state index in [-0.39, 0.29) is 0 Å². The Labute approximate surface area is 55.6 Å². The molecule has 0 saturated carbocycles. The minimum Gasteiger partial charge on any atom is -0.151 e. The van der Waals surface area contributed by atoms with Gasteiger partial charge in [0.25, 0.3) is 0 Å². The van der Waals surface area contributed by atoms with E-state index in [2.05, 4.69) is 18.8 Å². The minimum absolute atomic E-state index is 1.17. The lowest BCUT2D eigenvalue weighted by Gasteiger charge is -1.65. The van der Waals surface area contributed by atoms with Crippen molar-refractivity contribution in [2.45, 2.75) is 13.8 Å².